The Morgan fingerprint density at radius 3 is 2.71 bits per heavy atom. The third-order valence-electron chi connectivity index (χ3n) is 3.76. The summed E-state index contributed by atoms with van der Waals surface area (Å²) in [4.78, 5) is 22.5. The number of nitro groups is 1. The number of ether oxygens (including phenoxy) is 1. The second-order valence-electron chi connectivity index (χ2n) is 5.49. The summed E-state index contributed by atoms with van der Waals surface area (Å²) >= 11 is 0. The highest BCUT2D eigenvalue weighted by Crippen LogP contribution is 2.19. The zero-order chi connectivity index (χ0) is 17.1. The number of fused-ring (bicyclic) bond motifs is 1. The third-order valence-corrected chi connectivity index (χ3v) is 3.76. The lowest BCUT2D eigenvalue weighted by Gasteiger charge is -2.11. The summed E-state index contributed by atoms with van der Waals surface area (Å²) in [5.74, 6) is 0.749. The molecule has 0 aliphatic carbocycles. The lowest BCUT2D eigenvalue weighted by molar-refractivity contribution is -0.384. The Bertz CT molecular complexity index is 963. The Morgan fingerprint density at radius 1 is 1.12 bits per heavy atom. The monoisotopic (exact) mass is 324 g/mol. The van der Waals surface area contributed by atoms with Gasteiger partial charge in [0.05, 0.1) is 17.0 Å². The van der Waals surface area contributed by atoms with Crippen molar-refractivity contribution in [2.75, 3.05) is 6.61 Å². The summed E-state index contributed by atoms with van der Waals surface area (Å²) in [5, 5.41) is 11.5. The van der Waals surface area contributed by atoms with Gasteiger partial charge >= 0.3 is 0 Å². The number of nitro benzene ring substituents is 1. The highest BCUT2D eigenvalue weighted by atomic mass is 16.6. The van der Waals surface area contributed by atoms with Gasteiger partial charge in [-0.2, -0.15) is 0 Å². The quantitative estimate of drug-likeness (QED) is 0.533. The van der Waals surface area contributed by atoms with Gasteiger partial charge in [0.25, 0.3) is 11.2 Å². The molecule has 0 radical (unpaired) electrons. The molecule has 2 aromatic carbocycles. The molecular weight excluding hydrogens is 308 g/mol. The number of hydrogen-bond donors (Lipinski definition) is 0. The molecule has 24 heavy (non-hydrogen) atoms. The second kappa shape index (κ2) is 6.54. The van der Waals surface area contributed by atoms with Crippen molar-refractivity contribution in [1.29, 1.82) is 0 Å². The molecule has 0 aliphatic heterocycles. The van der Waals surface area contributed by atoms with E-state index in [0.717, 1.165) is 11.3 Å². The number of pyridine rings is 1. The van der Waals surface area contributed by atoms with Gasteiger partial charge in [0.1, 0.15) is 12.4 Å². The largest absolute Gasteiger partial charge is 0.492 e. The molecule has 0 fully saturated rings. The van der Waals surface area contributed by atoms with E-state index in [2.05, 4.69) is 0 Å². The lowest BCUT2D eigenvalue weighted by atomic mass is 10.2. The minimum absolute atomic E-state index is 0.00343. The maximum absolute atomic E-state index is 12.1. The van der Waals surface area contributed by atoms with Gasteiger partial charge in [-0.3, -0.25) is 14.9 Å². The van der Waals surface area contributed by atoms with Gasteiger partial charge in [-0.25, -0.2) is 0 Å². The van der Waals surface area contributed by atoms with Gasteiger partial charge in [-0.05, 0) is 36.8 Å². The van der Waals surface area contributed by atoms with E-state index >= 15 is 0 Å². The summed E-state index contributed by atoms with van der Waals surface area (Å²) in [6.07, 6.45) is 0. The van der Waals surface area contributed by atoms with Crippen LogP contribution in [0.2, 0.25) is 0 Å². The van der Waals surface area contributed by atoms with E-state index in [9.17, 15) is 14.9 Å². The van der Waals surface area contributed by atoms with Crippen LogP contribution in [-0.2, 0) is 6.54 Å². The van der Waals surface area contributed by atoms with Crippen molar-refractivity contribution in [2.45, 2.75) is 13.5 Å². The minimum atomic E-state index is -0.449. The molecule has 0 atom stereocenters. The standard InChI is InChI=1S/C18H16N2O4/c1-13-3-2-4-16(11-13)24-10-9-19-17-7-6-15(20(22)23)12-14(17)5-8-18(19)21/h2-8,11-12H,9-10H2,1H3. The molecule has 122 valence electrons. The van der Waals surface area contributed by atoms with Gasteiger partial charge in [-0.1, -0.05) is 12.1 Å². The van der Waals surface area contributed by atoms with Crippen molar-refractivity contribution in [3.63, 3.8) is 0 Å². The van der Waals surface area contributed by atoms with Crippen molar-refractivity contribution >= 4 is 16.6 Å². The summed E-state index contributed by atoms with van der Waals surface area (Å²) in [5.41, 5.74) is 1.59. The fourth-order valence-electron chi connectivity index (χ4n) is 2.60. The number of rotatable bonds is 5. The Balaban J connectivity index is 1.84. The Morgan fingerprint density at radius 2 is 1.96 bits per heavy atom. The van der Waals surface area contributed by atoms with Crippen LogP contribution in [0.1, 0.15) is 5.56 Å². The van der Waals surface area contributed by atoms with Crippen LogP contribution in [0.5, 0.6) is 5.75 Å². The maximum atomic E-state index is 12.1. The van der Waals surface area contributed by atoms with Crippen LogP contribution in [0.15, 0.2) is 59.4 Å². The first-order chi connectivity index (χ1) is 11.5. The SMILES string of the molecule is Cc1cccc(OCCn2c(=O)ccc3cc([N+](=O)[O-])ccc32)c1. The molecule has 0 amide bonds. The van der Waals surface area contributed by atoms with Crippen LogP contribution in [0, 0.1) is 17.0 Å². The van der Waals surface area contributed by atoms with Crippen LogP contribution in [-0.4, -0.2) is 16.1 Å². The summed E-state index contributed by atoms with van der Waals surface area (Å²) in [7, 11) is 0. The number of benzene rings is 2. The van der Waals surface area contributed by atoms with Gasteiger partial charge in [0, 0.05) is 23.6 Å². The minimum Gasteiger partial charge on any atom is -0.492 e. The zero-order valence-electron chi connectivity index (χ0n) is 13.1. The lowest BCUT2D eigenvalue weighted by Crippen LogP contribution is -2.22. The summed E-state index contributed by atoms with van der Waals surface area (Å²) < 4.78 is 7.25. The molecule has 6 nitrogen and oxygen atoms in total. The Hall–Kier alpha value is -3.15. The molecule has 0 unspecified atom stereocenters. The molecule has 0 aliphatic rings. The second-order valence-corrected chi connectivity index (χ2v) is 5.49. The average molecular weight is 324 g/mol. The van der Waals surface area contributed by atoms with Gasteiger partial charge in [0.15, 0.2) is 0 Å². The summed E-state index contributed by atoms with van der Waals surface area (Å²) in [6, 6.07) is 15.2. The number of non-ortho nitro benzene ring substituents is 1. The molecule has 0 saturated carbocycles. The van der Waals surface area contributed by atoms with E-state index in [1.54, 1.807) is 16.7 Å². The molecule has 3 aromatic rings. The topological polar surface area (TPSA) is 74.4 Å². The third kappa shape index (κ3) is 3.27. The van der Waals surface area contributed by atoms with Crippen LogP contribution >= 0.6 is 0 Å². The number of nitrogens with zero attached hydrogens (tertiary/aromatic N) is 2. The fourth-order valence-corrected chi connectivity index (χ4v) is 2.60. The maximum Gasteiger partial charge on any atom is 0.270 e. The zero-order valence-corrected chi connectivity index (χ0v) is 13.1. The molecule has 1 aromatic heterocycles. The number of hydrogen-bond acceptors (Lipinski definition) is 4. The van der Waals surface area contributed by atoms with Crippen molar-refractivity contribution in [2.24, 2.45) is 0 Å². The Kier molecular flexibility index (Phi) is 4.29. The summed E-state index contributed by atoms with van der Waals surface area (Å²) in [6.45, 7) is 2.68. The van der Waals surface area contributed by atoms with Crippen LogP contribution in [0.4, 0.5) is 5.69 Å². The highest BCUT2D eigenvalue weighted by molar-refractivity contribution is 5.81. The van der Waals surface area contributed by atoms with E-state index in [1.165, 1.54) is 18.2 Å². The first kappa shape index (κ1) is 15.7. The van der Waals surface area contributed by atoms with Crippen LogP contribution in [0.3, 0.4) is 0 Å². The Labute approximate surface area is 138 Å². The molecule has 3 rings (SSSR count). The van der Waals surface area contributed by atoms with E-state index in [-0.39, 0.29) is 11.2 Å². The normalized spacial score (nSPS) is 10.7. The molecule has 6 heteroatoms. The predicted molar refractivity (Wildman–Crippen MR) is 91.5 cm³/mol. The van der Waals surface area contributed by atoms with Crippen molar-refractivity contribution in [3.05, 3.63) is 80.6 Å². The van der Waals surface area contributed by atoms with Crippen molar-refractivity contribution in [3.8, 4) is 5.75 Å². The van der Waals surface area contributed by atoms with E-state index in [1.807, 2.05) is 31.2 Å². The van der Waals surface area contributed by atoms with Crippen molar-refractivity contribution in [1.82, 2.24) is 4.57 Å². The fraction of sp³-hybridized carbons (Fsp3) is 0.167. The predicted octanol–water partition coefficient (Wildman–Crippen LogP) is 3.30. The van der Waals surface area contributed by atoms with E-state index < -0.39 is 4.92 Å². The van der Waals surface area contributed by atoms with Crippen LogP contribution < -0.4 is 10.3 Å². The molecular formula is C18H16N2O4. The molecule has 0 spiro atoms. The highest BCUT2D eigenvalue weighted by Gasteiger charge is 2.09. The average Bonchev–Trinajstić information content (AvgIpc) is 2.56. The van der Waals surface area contributed by atoms with Gasteiger partial charge < -0.3 is 9.30 Å². The first-order valence-corrected chi connectivity index (χ1v) is 7.52. The molecule has 0 N–H and O–H groups in total. The van der Waals surface area contributed by atoms with Crippen molar-refractivity contribution < 1.29 is 9.66 Å². The van der Waals surface area contributed by atoms with Crippen LogP contribution in [0.25, 0.3) is 10.9 Å². The smallest absolute Gasteiger partial charge is 0.270 e. The van der Waals surface area contributed by atoms with E-state index in [0.29, 0.717) is 24.1 Å². The first-order valence-electron chi connectivity index (χ1n) is 7.52. The van der Waals surface area contributed by atoms with E-state index in [4.69, 9.17) is 4.74 Å². The molecule has 0 bridgehead atoms. The van der Waals surface area contributed by atoms with Gasteiger partial charge in [-0.15, -0.1) is 0 Å². The number of aromatic nitrogens is 1. The van der Waals surface area contributed by atoms with Gasteiger partial charge in [0.2, 0.25) is 0 Å². The molecule has 1 heterocycles. The number of aryl methyl sites for hydroxylation is 1. The molecule has 0 saturated heterocycles.